The number of hydrogen-bond donors (Lipinski definition) is 1. The van der Waals surface area contributed by atoms with Crippen molar-refractivity contribution in [2.45, 2.75) is 22.5 Å². The van der Waals surface area contributed by atoms with Gasteiger partial charge in [0.15, 0.2) is 9.84 Å². The number of sulfone groups is 1. The Morgan fingerprint density at radius 1 is 1.44 bits per heavy atom. The standard InChI is InChI=1S/C11H14ClNO2S/c1-13-8-11(5-6-11)16(14,15)10-4-2-3-9(12)7-10/h2-4,7,13H,5-6,8H2,1H3. The van der Waals surface area contributed by atoms with E-state index < -0.39 is 14.6 Å². The van der Waals surface area contributed by atoms with Gasteiger partial charge in [-0.1, -0.05) is 17.7 Å². The molecule has 3 nitrogen and oxygen atoms in total. The van der Waals surface area contributed by atoms with Crippen LogP contribution in [0.2, 0.25) is 5.02 Å². The molecule has 0 atom stereocenters. The van der Waals surface area contributed by atoms with E-state index >= 15 is 0 Å². The molecule has 16 heavy (non-hydrogen) atoms. The number of nitrogens with one attached hydrogen (secondary N) is 1. The Kier molecular flexibility index (Phi) is 2.99. The Morgan fingerprint density at radius 2 is 2.12 bits per heavy atom. The first-order chi connectivity index (χ1) is 7.52. The van der Waals surface area contributed by atoms with Crippen LogP contribution in [0.5, 0.6) is 0 Å². The van der Waals surface area contributed by atoms with Gasteiger partial charge in [-0.3, -0.25) is 0 Å². The lowest BCUT2D eigenvalue weighted by Gasteiger charge is -2.15. The summed E-state index contributed by atoms with van der Waals surface area (Å²) >= 11 is 5.82. The summed E-state index contributed by atoms with van der Waals surface area (Å²) in [6.07, 6.45) is 1.45. The molecule has 5 heteroatoms. The monoisotopic (exact) mass is 259 g/mol. The average Bonchev–Trinajstić information content (AvgIpc) is 3.00. The molecule has 0 radical (unpaired) electrons. The van der Waals surface area contributed by atoms with Crippen LogP contribution in [-0.4, -0.2) is 26.8 Å². The predicted octanol–water partition coefficient (Wildman–Crippen LogP) is 1.87. The Bertz CT molecular complexity index is 494. The van der Waals surface area contributed by atoms with Gasteiger partial charge in [0.25, 0.3) is 0 Å². The second kappa shape index (κ2) is 4.02. The summed E-state index contributed by atoms with van der Waals surface area (Å²) in [4.78, 5) is 0.327. The van der Waals surface area contributed by atoms with Crippen molar-refractivity contribution in [3.05, 3.63) is 29.3 Å². The number of rotatable bonds is 4. The maximum absolute atomic E-state index is 12.4. The second-order valence-corrected chi connectivity index (χ2v) is 6.95. The molecule has 1 aromatic rings. The van der Waals surface area contributed by atoms with Crippen molar-refractivity contribution in [1.29, 1.82) is 0 Å². The second-order valence-electron chi connectivity index (χ2n) is 4.17. The molecule has 0 bridgehead atoms. The molecule has 1 aliphatic rings. The molecule has 0 aliphatic heterocycles. The fourth-order valence-electron chi connectivity index (χ4n) is 1.89. The maximum atomic E-state index is 12.4. The molecule has 0 spiro atoms. The summed E-state index contributed by atoms with van der Waals surface area (Å²) in [5.41, 5.74) is 0. The molecular weight excluding hydrogens is 246 g/mol. The largest absolute Gasteiger partial charge is 0.318 e. The van der Waals surface area contributed by atoms with E-state index in [9.17, 15) is 8.42 Å². The van der Waals surface area contributed by atoms with Gasteiger partial charge < -0.3 is 5.32 Å². The van der Waals surface area contributed by atoms with E-state index in [0.717, 1.165) is 12.8 Å². The molecule has 1 aromatic carbocycles. The minimum absolute atomic E-state index is 0.327. The molecule has 0 saturated heterocycles. The van der Waals surface area contributed by atoms with Gasteiger partial charge >= 0.3 is 0 Å². The third-order valence-electron chi connectivity index (χ3n) is 2.98. The Morgan fingerprint density at radius 3 is 2.62 bits per heavy atom. The van der Waals surface area contributed by atoms with Crippen LogP contribution in [0.25, 0.3) is 0 Å². The fraction of sp³-hybridized carbons (Fsp3) is 0.455. The van der Waals surface area contributed by atoms with Crippen LogP contribution in [0.3, 0.4) is 0 Å². The van der Waals surface area contributed by atoms with Crippen molar-refractivity contribution in [3.8, 4) is 0 Å². The molecule has 1 N–H and O–H groups in total. The molecule has 2 rings (SSSR count). The first-order valence-electron chi connectivity index (χ1n) is 5.17. The van der Waals surface area contributed by atoms with E-state index in [1.165, 1.54) is 6.07 Å². The summed E-state index contributed by atoms with van der Waals surface area (Å²) in [6, 6.07) is 6.48. The summed E-state index contributed by atoms with van der Waals surface area (Å²) < 4.78 is 24.1. The zero-order valence-corrected chi connectivity index (χ0v) is 10.6. The van der Waals surface area contributed by atoms with Crippen LogP contribution in [-0.2, 0) is 9.84 Å². The summed E-state index contributed by atoms with van der Waals surface area (Å²) in [6.45, 7) is 0.502. The highest BCUT2D eigenvalue weighted by atomic mass is 35.5. The Labute approximate surface area is 101 Å². The third kappa shape index (κ3) is 1.85. The minimum atomic E-state index is -3.26. The van der Waals surface area contributed by atoms with Crippen molar-refractivity contribution >= 4 is 21.4 Å². The normalized spacial score (nSPS) is 18.4. The lowest BCUT2D eigenvalue weighted by Crippen LogP contribution is -2.33. The number of hydrogen-bond acceptors (Lipinski definition) is 3. The van der Waals surface area contributed by atoms with Crippen LogP contribution in [0.15, 0.2) is 29.2 Å². The van der Waals surface area contributed by atoms with E-state index in [1.807, 2.05) is 0 Å². The quantitative estimate of drug-likeness (QED) is 0.898. The molecule has 0 amide bonds. The molecule has 0 heterocycles. The summed E-state index contributed by atoms with van der Waals surface area (Å²) in [5, 5.41) is 3.41. The minimum Gasteiger partial charge on any atom is -0.318 e. The zero-order chi connectivity index (χ0) is 11.8. The smallest absolute Gasteiger partial charge is 0.185 e. The highest BCUT2D eigenvalue weighted by Crippen LogP contribution is 2.46. The first-order valence-corrected chi connectivity index (χ1v) is 7.03. The van der Waals surface area contributed by atoms with Crippen molar-refractivity contribution in [2.24, 2.45) is 0 Å². The van der Waals surface area contributed by atoms with Gasteiger partial charge in [-0.25, -0.2) is 8.42 Å². The van der Waals surface area contributed by atoms with Gasteiger partial charge in [0, 0.05) is 11.6 Å². The van der Waals surface area contributed by atoms with E-state index in [-0.39, 0.29) is 0 Å². The highest BCUT2D eigenvalue weighted by molar-refractivity contribution is 7.93. The first kappa shape index (κ1) is 11.9. The Balaban J connectivity index is 2.40. The van der Waals surface area contributed by atoms with E-state index in [4.69, 9.17) is 11.6 Å². The van der Waals surface area contributed by atoms with Crippen molar-refractivity contribution in [1.82, 2.24) is 5.32 Å². The maximum Gasteiger partial charge on any atom is 0.185 e. The lowest BCUT2D eigenvalue weighted by atomic mass is 10.4. The molecule has 0 aromatic heterocycles. The van der Waals surface area contributed by atoms with Crippen molar-refractivity contribution in [3.63, 3.8) is 0 Å². The molecule has 1 saturated carbocycles. The predicted molar refractivity (Wildman–Crippen MR) is 64.5 cm³/mol. The summed E-state index contributed by atoms with van der Waals surface area (Å²) in [5.74, 6) is 0. The van der Waals surface area contributed by atoms with E-state index in [0.29, 0.717) is 16.5 Å². The molecule has 0 unspecified atom stereocenters. The number of halogens is 1. The zero-order valence-electron chi connectivity index (χ0n) is 9.03. The van der Waals surface area contributed by atoms with Gasteiger partial charge in [0.05, 0.1) is 9.64 Å². The van der Waals surface area contributed by atoms with Crippen LogP contribution in [0.4, 0.5) is 0 Å². The van der Waals surface area contributed by atoms with Gasteiger partial charge in [-0.05, 0) is 38.1 Å². The van der Waals surface area contributed by atoms with Gasteiger partial charge in [0.2, 0.25) is 0 Å². The van der Waals surface area contributed by atoms with Gasteiger partial charge in [0.1, 0.15) is 0 Å². The van der Waals surface area contributed by atoms with Gasteiger partial charge in [-0.2, -0.15) is 0 Å². The highest BCUT2D eigenvalue weighted by Gasteiger charge is 2.54. The summed E-state index contributed by atoms with van der Waals surface area (Å²) in [7, 11) is -1.49. The van der Waals surface area contributed by atoms with Crippen molar-refractivity contribution < 1.29 is 8.42 Å². The average molecular weight is 260 g/mol. The Hall–Kier alpha value is -0.580. The SMILES string of the molecule is CNCC1(S(=O)(=O)c2cccc(Cl)c2)CC1. The fourth-order valence-corrected chi connectivity index (χ4v) is 4.15. The van der Waals surface area contributed by atoms with Crippen LogP contribution in [0, 0.1) is 0 Å². The van der Waals surface area contributed by atoms with Crippen LogP contribution < -0.4 is 5.32 Å². The topological polar surface area (TPSA) is 46.2 Å². The van der Waals surface area contributed by atoms with E-state index in [2.05, 4.69) is 5.32 Å². The third-order valence-corrected chi connectivity index (χ3v) is 5.79. The molecule has 88 valence electrons. The molecular formula is C11H14ClNO2S. The van der Waals surface area contributed by atoms with Crippen LogP contribution in [0.1, 0.15) is 12.8 Å². The van der Waals surface area contributed by atoms with Gasteiger partial charge in [-0.15, -0.1) is 0 Å². The van der Waals surface area contributed by atoms with E-state index in [1.54, 1.807) is 25.2 Å². The molecule has 1 aliphatic carbocycles. The van der Waals surface area contributed by atoms with Crippen molar-refractivity contribution in [2.75, 3.05) is 13.6 Å². The molecule has 1 fully saturated rings. The lowest BCUT2D eigenvalue weighted by molar-refractivity contribution is 0.569. The number of benzene rings is 1. The van der Waals surface area contributed by atoms with Crippen LogP contribution >= 0.6 is 11.6 Å².